The van der Waals surface area contributed by atoms with E-state index in [1.807, 2.05) is 42.5 Å². The number of para-hydroxylation sites is 1. The van der Waals surface area contributed by atoms with Gasteiger partial charge in [0, 0.05) is 35.3 Å². The molecule has 2 aromatic carbocycles. The molecule has 1 atom stereocenters. The van der Waals surface area contributed by atoms with Gasteiger partial charge in [0.15, 0.2) is 11.5 Å². The number of rotatable bonds is 8. The van der Waals surface area contributed by atoms with Gasteiger partial charge in [-0.15, -0.1) is 0 Å². The van der Waals surface area contributed by atoms with Gasteiger partial charge in [-0.05, 0) is 50.2 Å². The molecule has 0 spiro atoms. The number of likely N-dealkylation sites (N-methyl/N-ethyl adjacent to an activating group) is 1. The zero-order chi connectivity index (χ0) is 24.1. The lowest BCUT2D eigenvalue weighted by Gasteiger charge is -2.30. The third kappa shape index (κ3) is 5.17. The number of nitrogens with one attached hydrogen (secondary N) is 2. The Morgan fingerprint density at radius 3 is 2.59 bits per heavy atom. The molecule has 8 nitrogen and oxygen atoms in total. The number of aromatic amines is 1. The van der Waals surface area contributed by atoms with Crippen molar-refractivity contribution in [1.29, 1.82) is 0 Å². The number of hydrogen-bond acceptors (Lipinski definition) is 5. The fraction of sp³-hybridized carbons (Fsp3) is 0.385. The number of urea groups is 1. The lowest BCUT2D eigenvalue weighted by molar-refractivity contribution is 0.174. The number of H-pyrrole nitrogens is 1. The van der Waals surface area contributed by atoms with Crippen molar-refractivity contribution in [2.24, 2.45) is 0 Å². The molecule has 8 heteroatoms. The van der Waals surface area contributed by atoms with Crippen LogP contribution in [0.15, 0.2) is 53.3 Å². The van der Waals surface area contributed by atoms with Crippen molar-refractivity contribution in [1.82, 2.24) is 14.8 Å². The average Bonchev–Trinajstić information content (AvgIpc) is 3.31. The van der Waals surface area contributed by atoms with Crippen LogP contribution in [0.2, 0.25) is 0 Å². The second-order valence-electron chi connectivity index (χ2n) is 8.52. The summed E-state index contributed by atoms with van der Waals surface area (Å²) in [5, 5.41) is 3.79. The molecule has 1 fully saturated rings. The number of anilines is 1. The van der Waals surface area contributed by atoms with E-state index in [-0.39, 0.29) is 24.2 Å². The summed E-state index contributed by atoms with van der Waals surface area (Å²) in [6.07, 6.45) is 2.15. The summed E-state index contributed by atoms with van der Waals surface area (Å²) in [4.78, 5) is 33.3. The molecule has 2 heterocycles. The third-order valence-electron chi connectivity index (χ3n) is 6.44. The zero-order valence-electron chi connectivity index (χ0n) is 20.0. The average molecular weight is 465 g/mol. The highest BCUT2D eigenvalue weighted by Gasteiger charge is 2.28. The Hall–Kier alpha value is -3.52. The number of ether oxygens (including phenoxy) is 2. The Morgan fingerprint density at radius 2 is 1.88 bits per heavy atom. The molecule has 1 aliphatic heterocycles. The maximum absolute atomic E-state index is 13.3. The summed E-state index contributed by atoms with van der Waals surface area (Å²) in [5.41, 5.74) is 1.67. The molecule has 1 aliphatic rings. The van der Waals surface area contributed by atoms with Gasteiger partial charge < -0.3 is 24.7 Å². The summed E-state index contributed by atoms with van der Waals surface area (Å²) in [6, 6.07) is 14.8. The number of methoxy groups -OCH3 is 2. The largest absolute Gasteiger partial charge is 0.493 e. The standard InChI is InChI=1S/C26H32N4O4/c1-4-29-12-8-11-21(29)17-30(26(32)27-20-9-6-5-7-10-20)16-19-13-18-14-23(33-2)24(34-3)15-22(18)28-25(19)31/h5-7,9-10,13-15,21H,4,8,11-12,16-17H2,1-3H3,(H,27,32)(H,28,31). The van der Waals surface area contributed by atoms with E-state index >= 15 is 0 Å². The Labute approximate surface area is 199 Å². The van der Waals surface area contributed by atoms with Gasteiger partial charge in [-0.1, -0.05) is 25.1 Å². The third-order valence-corrected chi connectivity index (χ3v) is 6.44. The quantitative estimate of drug-likeness (QED) is 0.525. The predicted octanol–water partition coefficient (Wildman–Crippen LogP) is 4.06. The second kappa shape index (κ2) is 10.6. The molecule has 0 radical (unpaired) electrons. The van der Waals surface area contributed by atoms with E-state index < -0.39 is 0 Å². The van der Waals surface area contributed by atoms with E-state index in [1.165, 1.54) is 0 Å². The zero-order valence-corrected chi connectivity index (χ0v) is 20.0. The molecule has 1 aromatic heterocycles. The minimum Gasteiger partial charge on any atom is -0.493 e. The number of aromatic nitrogens is 1. The molecule has 180 valence electrons. The maximum Gasteiger partial charge on any atom is 0.322 e. The van der Waals surface area contributed by atoms with Gasteiger partial charge in [-0.3, -0.25) is 9.69 Å². The topological polar surface area (TPSA) is 86.9 Å². The highest BCUT2D eigenvalue weighted by atomic mass is 16.5. The SMILES string of the molecule is CCN1CCCC1CN(Cc1cc2cc(OC)c(OC)cc2[nH]c1=O)C(=O)Nc1ccccc1. The van der Waals surface area contributed by atoms with Gasteiger partial charge in [0.25, 0.3) is 5.56 Å². The highest BCUT2D eigenvalue weighted by Crippen LogP contribution is 2.31. The molecule has 0 aliphatic carbocycles. The van der Waals surface area contributed by atoms with E-state index in [4.69, 9.17) is 9.47 Å². The molecule has 1 saturated heterocycles. The van der Waals surface area contributed by atoms with E-state index in [2.05, 4.69) is 22.1 Å². The van der Waals surface area contributed by atoms with Gasteiger partial charge in [0.05, 0.1) is 26.3 Å². The van der Waals surface area contributed by atoms with Gasteiger partial charge in [0.1, 0.15) is 0 Å². The Kier molecular flexibility index (Phi) is 7.37. The van der Waals surface area contributed by atoms with Gasteiger partial charge in [-0.2, -0.15) is 0 Å². The van der Waals surface area contributed by atoms with Crippen LogP contribution in [0.5, 0.6) is 11.5 Å². The number of fused-ring (bicyclic) bond motifs is 1. The van der Waals surface area contributed by atoms with Crippen molar-refractivity contribution in [2.45, 2.75) is 32.4 Å². The van der Waals surface area contributed by atoms with Crippen molar-refractivity contribution < 1.29 is 14.3 Å². The monoisotopic (exact) mass is 464 g/mol. The first kappa shape index (κ1) is 23.6. The van der Waals surface area contributed by atoms with Crippen LogP contribution in [0.3, 0.4) is 0 Å². The van der Waals surface area contributed by atoms with Crippen molar-refractivity contribution in [3.8, 4) is 11.5 Å². The number of hydrogen-bond donors (Lipinski definition) is 2. The molecule has 3 aromatic rings. The van der Waals surface area contributed by atoms with Crippen LogP contribution in [-0.2, 0) is 6.54 Å². The summed E-state index contributed by atoms with van der Waals surface area (Å²) >= 11 is 0. The molecule has 4 rings (SSSR count). The molecule has 0 bridgehead atoms. The van der Waals surface area contributed by atoms with E-state index in [1.54, 1.807) is 25.2 Å². The molecule has 2 N–H and O–H groups in total. The fourth-order valence-corrected chi connectivity index (χ4v) is 4.62. The van der Waals surface area contributed by atoms with Gasteiger partial charge in [-0.25, -0.2) is 4.79 Å². The van der Waals surface area contributed by atoms with E-state index in [9.17, 15) is 9.59 Å². The maximum atomic E-state index is 13.3. The number of nitrogens with zero attached hydrogens (tertiary/aromatic N) is 2. The summed E-state index contributed by atoms with van der Waals surface area (Å²) in [6.45, 7) is 4.87. The van der Waals surface area contributed by atoms with Crippen LogP contribution in [0.25, 0.3) is 10.9 Å². The summed E-state index contributed by atoms with van der Waals surface area (Å²) in [7, 11) is 3.13. The normalized spacial score (nSPS) is 15.9. The Balaban J connectivity index is 1.64. The van der Waals surface area contributed by atoms with Crippen molar-refractivity contribution in [3.63, 3.8) is 0 Å². The smallest absolute Gasteiger partial charge is 0.322 e. The highest BCUT2D eigenvalue weighted by molar-refractivity contribution is 5.89. The first-order valence-electron chi connectivity index (χ1n) is 11.6. The van der Waals surface area contributed by atoms with Crippen LogP contribution in [0.4, 0.5) is 10.5 Å². The number of carbonyl (C=O) groups excluding carboxylic acids is 1. The van der Waals surface area contributed by atoms with Crippen molar-refractivity contribution >= 4 is 22.6 Å². The predicted molar refractivity (Wildman–Crippen MR) is 134 cm³/mol. The van der Waals surface area contributed by atoms with Crippen LogP contribution in [-0.4, -0.2) is 60.7 Å². The number of pyridine rings is 1. The van der Waals surface area contributed by atoms with E-state index in [0.29, 0.717) is 29.1 Å². The molecular formula is C26H32N4O4. The Bertz CT molecular complexity index is 1190. The van der Waals surface area contributed by atoms with Gasteiger partial charge >= 0.3 is 6.03 Å². The lowest BCUT2D eigenvalue weighted by Crippen LogP contribution is -2.45. The number of amides is 2. The lowest BCUT2D eigenvalue weighted by atomic mass is 10.1. The molecule has 1 unspecified atom stereocenters. The number of benzene rings is 2. The summed E-state index contributed by atoms with van der Waals surface area (Å²) < 4.78 is 10.8. The van der Waals surface area contributed by atoms with E-state index in [0.717, 1.165) is 37.0 Å². The van der Waals surface area contributed by atoms with Crippen LogP contribution >= 0.6 is 0 Å². The number of carbonyl (C=O) groups is 1. The molecular weight excluding hydrogens is 432 g/mol. The van der Waals surface area contributed by atoms with Crippen LogP contribution < -0.4 is 20.3 Å². The minimum atomic E-state index is -0.226. The molecule has 34 heavy (non-hydrogen) atoms. The first-order valence-corrected chi connectivity index (χ1v) is 11.6. The van der Waals surface area contributed by atoms with Gasteiger partial charge in [0.2, 0.25) is 0 Å². The van der Waals surface area contributed by atoms with Crippen LogP contribution in [0, 0.1) is 0 Å². The first-order chi connectivity index (χ1) is 16.5. The minimum absolute atomic E-state index is 0.201. The number of likely N-dealkylation sites (tertiary alicyclic amines) is 1. The fourth-order valence-electron chi connectivity index (χ4n) is 4.62. The Morgan fingerprint density at radius 1 is 1.15 bits per heavy atom. The summed E-state index contributed by atoms with van der Waals surface area (Å²) in [5.74, 6) is 1.12. The van der Waals surface area contributed by atoms with Crippen molar-refractivity contribution in [2.75, 3.05) is 39.2 Å². The molecule has 2 amide bonds. The molecule has 0 saturated carbocycles. The van der Waals surface area contributed by atoms with Crippen LogP contribution in [0.1, 0.15) is 25.3 Å². The van der Waals surface area contributed by atoms with Crippen molar-refractivity contribution in [3.05, 3.63) is 64.4 Å². The second-order valence-corrected chi connectivity index (χ2v) is 8.52.